The Bertz CT molecular complexity index is 1990. The number of anilines is 5. The van der Waals surface area contributed by atoms with E-state index in [0.717, 1.165) is 24.2 Å². The van der Waals surface area contributed by atoms with Crippen LogP contribution in [0.5, 0.6) is 0 Å². The maximum absolute atomic E-state index is 2.45. The summed E-state index contributed by atoms with van der Waals surface area (Å²) in [4.78, 5) is 4.84. The van der Waals surface area contributed by atoms with Crippen LogP contribution in [0.25, 0.3) is 27.2 Å². The molecule has 0 fully saturated rings. The fraction of sp³-hybridized carbons (Fsp3) is 0.0500. The molecule has 0 radical (unpaired) electrons. The van der Waals surface area contributed by atoms with Gasteiger partial charge < -0.3 is 9.80 Å². The number of hydrogen-bond acceptors (Lipinski definition) is 2. The number of rotatable bonds is 6. The van der Waals surface area contributed by atoms with Gasteiger partial charge in [-0.25, -0.2) is 0 Å². The van der Waals surface area contributed by atoms with E-state index in [2.05, 4.69) is 168 Å². The van der Waals surface area contributed by atoms with Gasteiger partial charge in [-0.15, -0.1) is 0 Å². The molecular weight excluding hydrogens is 508 g/mol. The van der Waals surface area contributed by atoms with Gasteiger partial charge in [0, 0.05) is 39.1 Å². The van der Waals surface area contributed by atoms with Gasteiger partial charge in [0.05, 0.1) is 5.69 Å². The summed E-state index contributed by atoms with van der Waals surface area (Å²) < 4.78 is 0. The van der Waals surface area contributed by atoms with Crippen LogP contribution < -0.4 is 15.0 Å². The Balaban J connectivity index is 1.43. The molecule has 2 nitrogen and oxygen atoms in total. The number of hydrogen-bond donors (Lipinski definition) is 0. The van der Waals surface area contributed by atoms with Crippen LogP contribution in [0.15, 0.2) is 158 Å². The van der Waals surface area contributed by atoms with Crippen LogP contribution in [0, 0.1) is 0 Å². The van der Waals surface area contributed by atoms with Gasteiger partial charge >= 0.3 is 0 Å². The molecule has 0 amide bonds. The minimum atomic E-state index is 0.983. The van der Waals surface area contributed by atoms with E-state index in [1.54, 1.807) is 0 Å². The average molecular weight is 539 g/mol. The minimum absolute atomic E-state index is 0.983. The second-order valence-electron chi connectivity index (χ2n) is 10.9. The van der Waals surface area contributed by atoms with Crippen molar-refractivity contribution in [1.82, 2.24) is 0 Å². The molecule has 0 N–H and O–H groups in total. The maximum atomic E-state index is 2.45. The molecule has 7 aromatic rings. The monoisotopic (exact) mass is 538 g/mol. The van der Waals surface area contributed by atoms with Crippen LogP contribution >= 0.6 is 0 Å². The fourth-order valence-corrected chi connectivity index (χ4v) is 6.66. The summed E-state index contributed by atoms with van der Waals surface area (Å²) in [6.45, 7) is 0. The molecule has 0 saturated heterocycles. The average Bonchev–Trinajstić information content (AvgIpc) is 3.07. The lowest BCUT2D eigenvalue weighted by Gasteiger charge is -2.32. The zero-order valence-electron chi connectivity index (χ0n) is 23.3. The highest BCUT2D eigenvalue weighted by atomic mass is 15.2. The van der Waals surface area contributed by atoms with E-state index in [0.29, 0.717) is 0 Å². The lowest BCUT2D eigenvalue weighted by Crippen LogP contribution is -2.27. The van der Waals surface area contributed by atoms with Gasteiger partial charge in [0.2, 0.25) is 0 Å². The number of benzene rings is 7. The molecule has 0 atom stereocenters. The first kappa shape index (κ1) is 24.5. The first-order chi connectivity index (χ1) is 20.9. The van der Waals surface area contributed by atoms with Gasteiger partial charge in [-0.3, -0.25) is 0 Å². The van der Waals surface area contributed by atoms with Crippen LogP contribution in [-0.2, 0) is 6.42 Å². The molecule has 200 valence electrons. The Morgan fingerprint density at radius 3 is 1.43 bits per heavy atom. The van der Waals surface area contributed by atoms with E-state index in [1.165, 1.54) is 55.1 Å². The minimum Gasteiger partial charge on any atom is -0.314 e. The quantitative estimate of drug-likeness (QED) is 0.208. The van der Waals surface area contributed by atoms with Crippen molar-refractivity contribution in [3.63, 3.8) is 0 Å². The number of aryl methyl sites for hydroxylation is 1. The van der Waals surface area contributed by atoms with Crippen LogP contribution in [0.4, 0.5) is 28.4 Å². The molecule has 0 heterocycles. The first-order valence-corrected chi connectivity index (χ1v) is 14.7. The second kappa shape index (κ2) is 10.2. The maximum Gasteiger partial charge on any atom is 0.0540 e. The third-order valence-corrected chi connectivity index (χ3v) is 8.49. The summed E-state index contributed by atoms with van der Waals surface area (Å²) in [7, 11) is 0. The Morgan fingerprint density at radius 1 is 0.381 bits per heavy atom. The largest absolute Gasteiger partial charge is 0.314 e. The molecule has 7 aromatic carbocycles. The predicted molar refractivity (Wildman–Crippen MR) is 178 cm³/mol. The second-order valence-corrected chi connectivity index (χ2v) is 10.9. The molecule has 2 heteroatoms. The number of para-hydroxylation sites is 4. The van der Waals surface area contributed by atoms with E-state index in [1.807, 2.05) is 0 Å². The molecule has 0 unspecified atom stereocenters. The molecular formula is C40H30N2. The summed E-state index contributed by atoms with van der Waals surface area (Å²) in [6, 6.07) is 56.9. The summed E-state index contributed by atoms with van der Waals surface area (Å²) in [5.74, 6) is 0. The molecule has 0 spiro atoms. The molecule has 0 aromatic heterocycles. The smallest absolute Gasteiger partial charge is 0.0540 e. The van der Waals surface area contributed by atoms with Gasteiger partial charge in [-0.2, -0.15) is 0 Å². The Hall–Kier alpha value is -5.34. The Morgan fingerprint density at radius 2 is 0.881 bits per heavy atom. The van der Waals surface area contributed by atoms with E-state index in [-0.39, 0.29) is 0 Å². The highest BCUT2D eigenvalue weighted by Gasteiger charge is 2.23. The van der Waals surface area contributed by atoms with Crippen LogP contribution in [-0.4, -0.2) is 0 Å². The zero-order chi connectivity index (χ0) is 27.9. The molecule has 42 heavy (non-hydrogen) atoms. The zero-order valence-corrected chi connectivity index (χ0v) is 23.3. The van der Waals surface area contributed by atoms with Crippen molar-refractivity contribution in [2.75, 3.05) is 9.80 Å². The van der Waals surface area contributed by atoms with E-state index >= 15 is 0 Å². The van der Waals surface area contributed by atoms with Crippen molar-refractivity contribution in [1.29, 1.82) is 0 Å². The first-order valence-electron chi connectivity index (χ1n) is 14.7. The van der Waals surface area contributed by atoms with Crippen LogP contribution in [0.2, 0.25) is 0 Å². The summed E-state index contributed by atoms with van der Waals surface area (Å²) >= 11 is 0. The van der Waals surface area contributed by atoms with Crippen molar-refractivity contribution < 1.29 is 0 Å². The fourth-order valence-electron chi connectivity index (χ4n) is 6.66. The van der Waals surface area contributed by atoms with Crippen molar-refractivity contribution in [3.05, 3.63) is 169 Å². The molecule has 8 rings (SSSR count). The predicted octanol–water partition coefficient (Wildman–Crippen LogP) is 10.1. The van der Waals surface area contributed by atoms with Crippen molar-refractivity contribution in [3.8, 4) is 0 Å². The lowest BCUT2D eigenvalue weighted by atomic mass is 9.87. The SMILES string of the molecule is c1ccc(N(C2=c3ccc4ccc(N(c5ccccc5)c5ccccc5)c5ccc(c3c45)CC2)c2ccccc2)cc1. The van der Waals surface area contributed by atoms with Gasteiger partial charge in [0.15, 0.2) is 0 Å². The van der Waals surface area contributed by atoms with E-state index < -0.39 is 0 Å². The highest BCUT2D eigenvalue weighted by Crippen LogP contribution is 2.43. The van der Waals surface area contributed by atoms with Crippen LogP contribution in [0.3, 0.4) is 0 Å². The lowest BCUT2D eigenvalue weighted by molar-refractivity contribution is 0.973. The van der Waals surface area contributed by atoms with Crippen LogP contribution in [0.1, 0.15) is 12.0 Å². The standard InChI is InChI=1S/C40H30N2/c1-5-13-31(14-6-1)41(32-15-7-2-8-16-32)37-27-23-29-22-26-36-38(28-24-30-21-25-35(37)39(29)40(30)36)42(33-17-9-3-10-18-33)34-19-11-4-12-20-34/h1-23,25-27H,24,28H2. The van der Waals surface area contributed by atoms with Gasteiger partial charge in [-0.1, -0.05) is 103 Å². The van der Waals surface area contributed by atoms with Gasteiger partial charge in [-0.05, 0) is 89.2 Å². The van der Waals surface area contributed by atoms with E-state index in [9.17, 15) is 0 Å². The van der Waals surface area contributed by atoms with Crippen molar-refractivity contribution >= 4 is 55.7 Å². The highest BCUT2D eigenvalue weighted by molar-refractivity contribution is 6.17. The van der Waals surface area contributed by atoms with Crippen molar-refractivity contribution in [2.45, 2.75) is 12.8 Å². The number of nitrogens with zero attached hydrogens (tertiary/aromatic N) is 2. The molecule has 0 aliphatic heterocycles. The third kappa shape index (κ3) is 4.03. The van der Waals surface area contributed by atoms with Gasteiger partial charge in [0.1, 0.15) is 0 Å². The molecule has 1 aliphatic rings. The normalized spacial score (nSPS) is 12.5. The van der Waals surface area contributed by atoms with Gasteiger partial charge in [0.25, 0.3) is 0 Å². The van der Waals surface area contributed by atoms with Crippen molar-refractivity contribution in [2.24, 2.45) is 0 Å². The summed E-state index contributed by atoms with van der Waals surface area (Å²) in [5, 5.41) is 6.60. The molecule has 0 bridgehead atoms. The van der Waals surface area contributed by atoms with E-state index in [4.69, 9.17) is 0 Å². The summed E-state index contributed by atoms with van der Waals surface area (Å²) in [6.07, 6.45) is 2.00. The molecule has 1 aliphatic carbocycles. The topological polar surface area (TPSA) is 6.48 Å². The third-order valence-electron chi connectivity index (χ3n) is 8.49. The Kier molecular flexibility index (Phi) is 5.97. The molecule has 0 saturated carbocycles. The summed E-state index contributed by atoms with van der Waals surface area (Å²) in [5.41, 5.74) is 8.65. The Labute approximate surface area is 246 Å².